The van der Waals surface area contributed by atoms with Crippen molar-refractivity contribution in [2.75, 3.05) is 13.6 Å². The number of benzene rings is 1. The van der Waals surface area contributed by atoms with Crippen LogP contribution in [-0.2, 0) is 4.79 Å². The summed E-state index contributed by atoms with van der Waals surface area (Å²) < 4.78 is 0. The standard InChI is InChI=1S/C15H23ClN2O/c1-10(2)13(9-17)15(19)18(4)11(3)12-7-5-6-8-14(12)16/h5-8,10-11,13H,9,17H2,1-4H3. The molecule has 3 nitrogen and oxygen atoms in total. The summed E-state index contributed by atoms with van der Waals surface area (Å²) in [6, 6.07) is 7.54. The van der Waals surface area contributed by atoms with Crippen LogP contribution in [0, 0.1) is 11.8 Å². The van der Waals surface area contributed by atoms with Gasteiger partial charge in [-0.1, -0.05) is 43.6 Å². The Morgan fingerprint density at radius 3 is 2.37 bits per heavy atom. The lowest BCUT2D eigenvalue weighted by Gasteiger charge is -2.30. The van der Waals surface area contributed by atoms with Gasteiger partial charge in [0.15, 0.2) is 0 Å². The number of nitrogens with two attached hydrogens (primary N) is 1. The monoisotopic (exact) mass is 282 g/mol. The van der Waals surface area contributed by atoms with E-state index < -0.39 is 0 Å². The molecule has 0 aliphatic heterocycles. The minimum absolute atomic E-state index is 0.0611. The first-order chi connectivity index (χ1) is 8.90. The van der Waals surface area contributed by atoms with Gasteiger partial charge in [0, 0.05) is 18.6 Å². The normalized spacial score (nSPS) is 14.3. The molecule has 0 saturated heterocycles. The van der Waals surface area contributed by atoms with E-state index in [1.807, 2.05) is 45.0 Å². The highest BCUT2D eigenvalue weighted by Crippen LogP contribution is 2.27. The maximum absolute atomic E-state index is 12.4. The van der Waals surface area contributed by atoms with Gasteiger partial charge in [0.25, 0.3) is 0 Å². The van der Waals surface area contributed by atoms with Crippen LogP contribution in [0.3, 0.4) is 0 Å². The molecule has 0 heterocycles. The summed E-state index contributed by atoms with van der Waals surface area (Å²) in [5.74, 6) is 0.165. The summed E-state index contributed by atoms with van der Waals surface area (Å²) in [4.78, 5) is 14.2. The van der Waals surface area contributed by atoms with E-state index in [1.54, 1.807) is 11.9 Å². The highest BCUT2D eigenvalue weighted by molar-refractivity contribution is 6.31. The minimum Gasteiger partial charge on any atom is -0.339 e. The van der Waals surface area contributed by atoms with Crippen molar-refractivity contribution in [1.29, 1.82) is 0 Å². The Balaban J connectivity index is 2.91. The van der Waals surface area contributed by atoms with Gasteiger partial charge in [-0.3, -0.25) is 4.79 Å². The third kappa shape index (κ3) is 3.71. The molecular weight excluding hydrogens is 260 g/mol. The molecule has 106 valence electrons. The van der Waals surface area contributed by atoms with Crippen LogP contribution in [0.1, 0.15) is 32.4 Å². The van der Waals surface area contributed by atoms with Gasteiger partial charge >= 0.3 is 0 Å². The first-order valence-corrected chi connectivity index (χ1v) is 6.99. The summed E-state index contributed by atoms with van der Waals surface area (Å²) in [7, 11) is 1.81. The van der Waals surface area contributed by atoms with Crippen LogP contribution in [0.5, 0.6) is 0 Å². The molecule has 0 aliphatic carbocycles. The molecule has 1 aromatic carbocycles. The van der Waals surface area contributed by atoms with Crippen molar-refractivity contribution in [2.24, 2.45) is 17.6 Å². The van der Waals surface area contributed by atoms with Crippen LogP contribution in [0.4, 0.5) is 0 Å². The molecule has 0 aromatic heterocycles. The molecule has 0 aliphatic rings. The molecule has 1 aromatic rings. The van der Waals surface area contributed by atoms with Crippen LogP contribution >= 0.6 is 11.6 Å². The molecule has 0 fully saturated rings. The fraction of sp³-hybridized carbons (Fsp3) is 0.533. The van der Waals surface area contributed by atoms with Crippen LogP contribution in [0.2, 0.25) is 5.02 Å². The van der Waals surface area contributed by atoms with Crippen molar-refractivity contribution in [3.05, 3.63) is 34.9 Å². The van der Waals surface area contributed by atoms with Crippen LogP contribution in [-0.4, -0.2) is 24.4 Å². The Bertz CT molecular complexity index is 434. The molecule has 0 bridgehead atoms. The van der Waals surface area contributed by atoms with Crippen LogP contribution in [0.15, 0.2) is 24.3 Å². The van der Waals surface area contributed by atoms with Gasteiger partial charge in [-0.25, -0.2) is 0 Å². The predicted molar refractivity (Wildman–Crippen MR) is 80.0 cm³/mol. The molecule has 19 heavy (non-hydrogen) atoms. The minimum atomic E-state index is -0.144. The smallest absolute Gasteiger partial charge is 0.227 e. The van der Waals surface area contributed by atoms with Crippen LogP contribution in [0.25, 0.3) is 0 Å². The molecule has 0 spiro atoms. The average Bonchev–Trinajstić information content (AvgIpc) is 2.37. The highest BCUT2D eigenvalue weighted by Gasteiger charge is 2.27. The van der Waals surface area contributed by atoms with Gasteiger partial charge in [0.1, 0.15) is 0 Å². The molecule has 2 N–H and O–H groups in total. The van der Waals surface area contributed by atoms with E-state index in [0.717, 1.165) is 5.56 Å². The average molecular weight is 283 g/mol. The van der Waals surface area contributed by atoms with Crippen molar-refractivity contribution in [2.45, 2.75) is 26.8 Å². The first kappa shape index (κ1) is 16.0. The Morgan fingerprint density at radius 2 is 1.89 bits per heavy atom. The SMILES string of the molecule is CC(C)C(CN)C(=O)N(C)C(C)c1ccccc1Cl. The lowest BCUT2D eigenvalue weighted by molar-refractivity contribution is -0.137. The molecule has 0 radical (unpaired) electrons. The Kier molecular flexibility index (Phi) is 5.83. The molecule has 1 rings (SSSR count). The second-order valence-corrected chi connectivity index (χ2v) is 5.64. The highest BCUT2D eigenvalue weighted by atomic mass is 35.5. The van der Waals surface area contributed by atoms with Gasteiger partial charge in [-0.05, 0) is 24.5 Å². The molecular formula is C15H23ClN2O. The number of nitrogens with zero attached hydrogens (tertiary/aromatic N) is 1. The lowest BCUT2D eigenvalue weighted by atomic mass is 9.93. The van der Waals surface area contributed by atoms with E-state index >= 15 is 0 Å². The number of rotatable bonds is 5. The fourth-order valence-corrected chi connectivity index (χ4v) is 2.43. The maximum Gasteiger partial charge on any atom is 0.227 e. The number of hydrogen-bond donors (Lipinski definition) is 1. The second-order valence-electron chi connectivity index (χ2n) is 5.23. The number of halogens is 1. The van der Waals surface area contributed by atoms with E-state index in [-0.39, 0.29) is 23.8 Å². The molecule has 2 atom stereocenters. The van der Waals surface area contributed by atoms with E-state index in [2.05, 4.69) is 0 Å². The van der Waals surface area contributed by atoms with E-state index in [1.165, 1.54) is 0 Å². The van der Waals surface area contributed by atoms with E-state index in [9.17, 15) is 4.79 Å². The zero-order valence-corrected chi connectivity index (χ0v) is 12.8. The quantitative estimate of drug-likeness (QED) is 0.902. The summed E-state index contributed by atoms with van der Waals surface area (Å²) in [6.45, 7) is 6.38. The van der Waals surface area contributed by atoms with Gasteiger partial charge in [0.05, 0.1) is 12.0 Å². The third-order valence-corrected chi connectivity index (χ3v) is 4.00. The van der Waals surface area contributed by atoms with Crippen molar-refractivity contribution in [3.63, 3.8) is 0 Å². The van der Waals surface area contributed by atoms with Gasteiger partial charge in [-0.2, -0.15) is 0 Å². The Labute approximate surface area is 120 Å². The first-order valence-electron chi connectivity index (χ1n) is 6.61. The number of carbonyl (C=O) groups is 1. The summed E-state index contributed by atoms with van der Waals surface area (Å²) in [5, 5.41) is 0.684. The molecule has 2 unspecified atom stereocenters. The second kappa shape index (κ2) is 6.92. The summed E-state index contributed by atoms with van der Waals surface area (Å²) in [5.41, 5.74) is 6.67. The Hall–Kier alpha value is -1.06. The summed E-state index contributed by atoms with van der Waals surface area (Å²) >= 11 is 6.18. The van der Waals surface area contributed by atoms with Gasteiger partial charge in [0.2, 0.25) is 5.91 Å². The van der Waals surface area contributed by atoms with E-state index in [0.29, 0.717) is 11.6 Å². The number of hydrogen-bond acceptors (Lipinski definition) is 2. The predicted octanol–water partition coefficient (Wildman–Crippen LogP) is 3.09. The van der Waals surface area contributed by atoms with Crippen LogP contribution < -0.4 is 5.73 Å². The number of carbonyl (C=O) groups excluding carboxylic acids is 1. The van der Waals surface area contributed by atoms with Crippen molar-refractivity contribution in [1.82, 2.24) is 4.90 Å². The fourth-order valence-electron chi connectivity index (χ4n) is 2.13. The van der Waals surface area contributed by atoms with E-state index in [4.69, 9.17) is 17.3 Å². The third-order valence-electron chi connectivity index (χ3n) is 3.66. The summed E-state index contributed by atoms with van der Waals surface area (Å²) in [6.07, 6.45) is 0. The zero-order chi connectivity index (χ0) is 14.6. The van der Waals surface area contributed by atoms with Gasteiger partial charge < -0.3 is 10.6 Å². The molecule has 0 saturated carbocycles. The van der Waals surface area contributed by atoms with Crippen molar-refractivity contribution >= 4 is 17.5 Å². The lowest BCUT2D eigenvalue weighted by Crippen LogP contribution is -2.40. The topological polar surface area (TPSA) is 46.3 Å². The molecule has 4 heteroatoms. The number of amides is 1. The molecule has 1 amide bonds. The zero-order valence-electron chi connectivity index (χ0n) is 12.1. The Morgan fingerprint density at radius 1 is 1.32 bits per heavy atom. The maximum atomic E-state index is 12.4. The van der Waals surface area contributed by atoms with Crippen molar-refractivity contribution in [3.8, 4) is 0 Å². The largest absolute Gasteiger partial charge is 0.339 e. The van der Waals surface area contributed by atoms with Crippen molar-refractivity contribution < 1.29 is 4.79 Å². The van der Waals surface area contributed by atoms with Gasteiger partial charge in [-0.15, -0.1) is 0 Å².